The minimum Gasteiger partial charge on any atom is -0.423 e. The molecule has 1 aromatic heterocycles. The van der Waals surface area contributed by atoms with Crippen molar-refractivity contribution >= 4 is 22.8 Å². The van der Waals surface area contributed by atoms with Crippen molar-refractivity contribution in [1.29, 1.82) is 0 Å². The molecule has 0 amide bonds. The average molecular weight is 246 g/mol. The molecule has 96 valence electrons. The van der Waals surface area contributed by atoms with E-state index in [1.807, 2.05) is 12.1 Å². The molecule has 0 radical (unpaired) electrons. The van der Waals surface area contributed by atoms with Crippen LogP contribution in [-0.4, -0.2) is 36.1 Å². The predicted molar refractivity (Wildman–Crippen MR) is 72.6 cm³/mol. The number of nitrogen functional groups attached to an aromatic ring is 1. The van der Waals surface area contributed by atoms with Crippen LogP contribution in [0.5, 0.6) is 0 Å². The molecular weight excluding hydrogens is 228 g/mol. The van der Waals surface area contributed by atoms with Gasteiger partial charge in [-0.15, -0.1) is 0 Å². The summed E-state index contributed by atoms with van der Waals surface area (Å²) in [6.45, 7) is 2.05. The fourth-order valence-electron chi connectivity index (χ4n) is 2.46. The quantitative estimate of drug-likeness (QED) is 0.810. The Bertz CT molecular complexity index is 551. The smallest absolute Gasteiger partial charge is 0.295 e. The first-order valence-corrected chi connectivity index (χ1v) is 6.32. The molecule has 0 spiro atoms. The van der Waals surface area contributed by atoms with Crippen molar-refractivity contribution in [2.45, 2.75) is 18.9 Å². The van der Waals surface area contributed by atoms with Gasteiger partial charge in [-0.2, -0.15) is 4.98 Å². The Morgan fingerprint density at radius 3 is 3.22 bits per heavy atom. The van der Waals surface area contributed by atoms with Gasteiger partial charge in [0.15, 0.2) is 5.58 Å². The maximum Gasteiger partial charge on any atom is 0.295 e. The van der Waals surface area contributed by atoms with E-state index in [4.69, 9.17) is 10.2 Å². The Morgan fingerprint density at radius 1 is 1.56 bits per heavy atom. The summed E-state index contributed by atoms with van der Waals surface area (Å²) in [6, 6.07) is 6.66. The van der Waals surface area contributed by atoms with E-state index in [2.05, 4.69) is 22.2 Å². The lowest BCUT2D eigenvalue weighted by atomic mass is 10.2. The summed E-state index contributed by atoms with van der Waals surface area (Å²) in [6.07, 6.45) is 2.50. The second-order valence-electron chi connectivity index (χ2n) is 4.90. The molecule has 1 aromatic carbocycles. The standard InChI is InChI=1S/C13H18N4O/c1-17-6-2-3-10(17)8-15-13-16-11-5-4-9(14)7-12(11)18-13/h4-5,7,10H,2-3,6,8,14H2,1H3,(H,15,16). The van der Waals surface area contributed by atoms with Gasteiger partial charge in [-0.05, 0) is 38.6 Å². The minimum absolute atomic E-state index is 0.574. The van der Waals surface area contributed by atoms with Gasteiger partial charge in [0, 0.05) is 24.3 Å². The van der Waals surface area contributed by atoms with Crippen LogP contribution in [0.15, 0.2) is 22.6 Å². The highest BCUT2D eigenvalue weighted by Gasteiger charge is 2.20. The third-order valence-electron chi connectivity index (χ3n) is 3.57. The molecule has 0 saturated carbocycles. The highest BCUT2D eigenvalue weighted by atomic mass is 16.4. The molecule has 1 atom stereocenters. The van der Waals surface area contributed by atoms with E-state index < -0.39 is 0 Å². The Morgan fingerprint density at radius 2 is 2.44 bits per heavy atom. The van der Waals surface area contributed by atoms with Crippen molar-refractivity contribution in [3.8, 4) is 0 Å². The molecule has 5 heteroatoms. The van der Waals surface area contributed by atoms with E-state index in [-0.39, 0.29) is 0 Å². The third kappa shape index (κ3) is 2.13. The second-order valence-corrected chi connectivity index (χ2v) is 4.90. The third-order valence-corrected chi connectivity index (χ3v) is 3.57. The number of oxazole rings is 1. The van der Waals surface area contributed by atoms with Crippen LogP contribution in [0.1, 0.15) is 12.8 Å². The van der Waals surface area contributed by atoms with Gasteiger partial charge in [0.1, 0.15) is 5.52 Å². The Kier molecular flexibility index (Phi) is 2.83. The minimum atomic E-state index is 0.574. The number of hydrogen-bond donors (Lipinski definition) is 2. The van der Waals surface area contributed by atoms with Crippen LogP contribution in [0, 0.1) is 0 Å². The largest absolute Gasteiger partial charge is 0.423 e. The number of fused-ring (bicyclic) bond motifs is 1. The SMILES string of the molecule is CN1CCCC1CNc1nc2ccc(N)cc2o1. The van der Waals surface area contributed by atoms with E-state index in [0.717, 1.165) is 17.6 Å². The molecule has 2 aromatic rings. The zero-order valence-electron chi connectivity index (χ0n) is 10.5. The highest BCUT2D eigenvalue weighted by Crippen LogP contribution is 2.22. The molecule has 18 heavy (non-hydrogen) atoms. The Balaban J connectivity index is 1.71. The van der Waals surface area contributed by atoms with Gasteiger partial charge in [0.25, 0.3) is 6.01 Å². The van der Waals surface area contributed by atoms with Crippen molar-refractivity contribution in [2.24, 2.45) is 0 Å². The van der Waals surface area contributed by atoms with E-state index in [0.29, 0.717) is 17.7 Å². The van der Waals surface area contributed by atoms with E-state index in [9.17, 15) is 0 Å². The van der Waals surface area contributed by atoms with Crippen molar-refractivity contribution in [2.75, 3.05) is 31.2 Å². The van der Waals surface area contributed by atoms with Crippen LogP contribution in [0.25, 0.3) is 11.1 Å². The van der Waals surface area contributed by atoms with Crippen LogP contribution in [0.3, 0.4) is 0 Å². The van der Waals surface area contributed by atoms with Gasteiger partial charge < -0.3 is 20.4 Å². The molecule has 1 aliphatic rings. The van der Waals surface area contributed by atoms with Crippen molar-refractivity contribution in [1.82, 2.24) is 9.88 Å². The summed E-state index contributed by atoms with van der Waals surface area (Å²) in [5.41, 5.74) is 7.98. The number of nitrogens with zero attached hydrogens (tertiary/aromatic N) is 2. The molecule has 2 heterocycles. The molecule has 5 nitrogen and oxygen atoms in total. The van der Waals surface area contributed by atoms with Gasteiger partial charge in [0.2, 0.25) is 0 Å². The molecule has 0 aliphatic carbocycles. The lowest BCUT2D eigenvalue weighted by Crippen LogP contribution is -2.31. The average Bonchev–Trinajstić information content (AvgIpc) is 2.92. The van der Waals surface area contributed by atoms with Crippen LogP contribution >= 0.6 is 0 Å². The van der Waals surface area contributed by atoms with Crippen molar-refractivity contribution in [3.05, 3.63) is 18.2 Å². The Labute approximate surface area is 106 Å². The topological polar surface area (TPSA) is 67.3 Å². The van der Waals surface area contributed by atoms with Crippen LogP contribution in [0.2, 0.25) is 0 Å². The number of rotatable bonds is 3. The van der Waals surface area contributed by atoms with E-state index >= 15 is 0 Å². The number of likely N-dealkylation sites (tertiary alicyclic amines) is 1. The lowest BCUT2D eigenvalue weighted by molar-refractivity contribution is 0.321. The maximum absolute atomic E-state index is 5.71. The number of benzene rings is 1. The molecule has 3 N–H and O–H groups in total. The first-order chi connectivity index (χ1) is 8.72. The molecule has 0 bridgehead atoms. The number of aromatic nitrogens is 1. The molecule has 1 fully saturated rings. The number of likely N-dealkylation sites (N-methyl/N-ethyl adjacent to an activating group) is 1. The summed E-state index contributed by atoms with van der Waals surface area (Å²) >= 11 is 0. The number of nitrogens with two attached hydrogens (primary N) is 1. The summed E-state index contributed by atoms with van der Waals surface area (Å²) < 4.78 is 5.62. The van der Waals surface area contributed by atoms with Crippen molar-refractivity contribution < 1.29 is 4.42 Å². The molecule has 3 rings (SSSR count). The van der Waals surface area contributed by atoms with Crippen molar-refractivity contribution in [3.63, 3.8) is 0 Å². The summed E-state index contributed by atoms with van der Waals surface area (Å²) in [7, 11) is 2.16. The highest BCUT2D eigenvalue weighted by molar-refractivity contribution is 5.78. The molecule has 1 saturated heterocycles. The summed E-state index contributed by atoms with van der Waals surface area (Å²) in [5, 5.41) is 3.27. The fourth-order valence-corrected chi connectivity index (χ4v) is 2.46. The van der Waals surface area contributed by atoms with E-state index in [1.165, 1.54) is 19.4 Å². The number of hydrogen-bond acceptors (Lipinski definition) is 5. The fraction of sp³-hybridized carbons (Fsp3) is 0.462. The normalized spacial score (nSPS) is 20.6. The molecule has 1 unspecified atom stereocenters. The van der Waals surface area contributed by atoms with Crippen LogP contribution in [0.4, 0.5) is 11.7 Å². The van der Waals surface area contributed by atoms with Gasteiger partial charge in [-0.1, -0.05) is 0 Å². The maximum atomic E-state index is 5.71. The Hall–Kier alpha value is -1.75. The van der Waals surface area contributed by atoms with Gasteiger partial charge in [-0.3, -0.25) is 0 Å². The van der Waals surface area contributed by atoms with E-state index in [1.54, 1.807) is 6.07 Å². The number of anilines is 2. The molecule has 1 aliphatic heterocycles. The lowest BCUT2D eigenvalue weighted by Gasteiger charge is -2.18. The monoisotopic (exact) mass is 246 g/mol. The second kappa shape index (κ2) is 4.49. The first-order valence-electron chi connectivity index (χ1n) is 6.32. The van der Waals surface area contributed by atoms with Gasteiger partial charge in [-0.25, -0.2) is 0 Å². The number of nitrogens with one attached hydrogen (secondary N) is 1. The van der Waals surface area contributed by atoms with Crippen LogP contribution < -0.4 is 11.1 Å². The zero-order chi connectivity index (χ0) is 12.5. The zero-order valence-corrected chi connectivity index (χ0v) is 10.5. The summed E-state index contributed by atoms with van der Waals surface area (Å²) in [5.74, 6) is 0. The first kappa shape index (κ1) is 11.3. The van der Waals surface area contributed by atoms with Crippen LogP contribution in [-0.2, 0) is 0 Å². The summed E-state index contributed by atoms with van der Waals surface area (Å²) in [4.78, 5) is 6.76. The molecular formula is C13H18N4O. The van der Waals surface area contributed by atoms with Gasteiger partial charge >= 0.3 is 0 Å². The van der Waals surface area contributed by atoms with Gasteiger partial charge in [0.05, 0.1) is 0 Å². The predicted octanol–water partition coefficient (Wildman–Crippen LogP) is 1.92.